The fraction of sp³-hybridized carbons (Fsp3) is 0.481. The first kappa shape index (κ1) is 22.5. The van der Waals surface area contributed by atoms with Crippen LogP contribution in [0.15, 0.2) is 48.5 Å². The van der Waals surface area contributed by atoms with E-state index in [0.29, 0.717) is 17.2 Å². The molecule has 2 saturated carbocycles. The lowest BCUT2D eigenvalue weighted by molar-refractivity contribution is -0.00620. The molecule has 2 aromatic carbocycles. The predicted molar refractivity (Wildman–Crippen MR) is 120 cm³/mol. The molecule has 0 aliphatic heterocycles. The molecule has 0 radical (unpaired) electrons. The molecule has 170 valence electrons. The van der Waals surface area contributed by atoms with Crippen molar-refractivity contribution in [3.63, 3.8) is 0 Å². The molecule has 0 heterocycles. The van der Waals surface area contributed by atoms with Crippen molar-refractivity contribution < 1.29 is 23.5 Å². The maximum atomic E-state index is 13.3. The minimum Gasteiger partial charge on any atom is -0.459 e. The standard InChI is InChI=1S/C27H31FO4/c1-2-4-18-7-8-21-17-25(14-11-20(21)15-18)32-26(29)19-9-12-24(13-10-19)31-27(30)22-5-3-6-23(28)16-22/h3,5-6,9-10,12-13,16,18,20-21,25H,2,4,7-8,11,14-15,17H2,1H3/t18-,20-,21-,25-/m1/s1. The zero-order valence-electron chi connectivity index (χ0n) is 18.6. The van der Waals surface area contributed by atoms with Crippen LogP contribution in [-0.4, -0.2) is 18.0 Å². The first-order chi connectivity index (χ1) is 15.5. The average Bonchev–Trinajstić information content (AvgIpc) is 2.80. The van der Waals surface area contributed by atoms with Gasteiger partial charge in [-0.2, -0.15) is 0 Å². The summed E-state index contributed by atoms with van der Waals surface area (Å²) in [5.41, 5.74) is 0.567. The van der Waals surface area contributed by atoms with Gasteiger partial charge in [-0.25, -0.2) is 14.0 Å². The maximum Gasteiger partial charge on any atom is 0.343 e. The van der Waals surface area contributed by atoms with Gasteiger partial charge in [-0.1, -0.05) is 32.3 Å². The van der Waals surface area contributed by atoms with Crippen LogP contribution in [0.4, 0.5) is 4.39 Å². The molecule has 4 atom stereocenters. The molecule has 2 aliphatic rings. The lowest BCUT2D eigenvalue weighted by Crippen LogP contribution is -2.35. The molecule has 0 N–H and O–H groups in total. The van der Waals surface area contributed by atoms with Crippen LogP contribution in [0.25, 0.3) is 0 Å². The average molecular weight is 439 g/mol. The van der Waals surface area contributed by atoms with E-state index in [1.165, 1.54) is 50.3 Å². The number of ether oxygens (including phenoxy) is 2. The van der Waals surface area contributed by atoms with Crippen molar-refractivity contribution in [1.29, 1.82) is 0 Å². The van der Waals surface area contributed by atoms with Crippen molar-refractivity contribution in [2.75, 3.05) is 0 Å². The Labute approximate surface area is 189 Å². The van der Waals surface area contributed by atoms with E-state index < -0.39 is 11.8 Å². The van der Waals surface area contributed by atoms with Gasteiger partial charge in [0, 0.05) is 0 Å². The number of carbonyl (C=O) groups is 2. The topological polar surface area (TPSA) is 52.6 Å². The zero-order valence-corrected chi connectivity index (χ0v) is 18.6. The highest BCUT2D eigenvalue weighted by Crippen LogP contribution is 2.44. The summed E-state index contributed by atoms with van der Waals surface area (Å²) >= 11 is 0. The van der Waals surface area contributed by atoms with Gasteiger partial charge in [0.05, 0.1) is 11.1 Å². The van der Waals surface area contributed by atoms with Crippen LogP contribution >= 0.6 is 0 Å². The second-order valence-electron chi connectivity index (χ2n) is 9.25. The molecule has 2 fully saturated rings. The molecule has 4 rings (SSSR count). The first-order valence-corrected chi connectivity index (χ1v) is 11.8. The molecular weight excluding hydrogens is 407 g/mol. The van der Waals surface area contributed by atoms with E-state index in [-0.39, 0.29) is 17.6 Å². The van der Waals surface area contributed by atoms with Gasteiger partial charge in [0.1, 0.15) is 17.7 Å². The van der Waals surface area contributed by atoms with Crippen molar-refractivity contribution in [2.45, 2.75) is 64.4 Å². The van der Waals surface area contributed by atoms with Crippen LogP contribution in [0.3, 0.4) is 0 Å². The summed E-state index contributed by atoms with van der Waals surface area (Å²) in [6.07, 6.45) is 9.57. The summed E-state index contributed by atoms with van der Waals surface area (Å²) in [5, 5.41) is 0. The number of halogens is 1. The van der Waals surface area contributed by atoms with Gasteiger partial charge in [-0.05, 0) is 92.3 Å². The van der Waals surface area contributed by atoms with Crippen molar-refractivity contribution in [3.8, 4) is 5.75 Å². The Morgan fingerprint density at radius 3 is 2.41 bits per heavy atom. The lowest BCUT2D eigenvalue weighted by Gasteiger charge is -2.41. The highest BCUT2D eigenvalue weighted by atomic mass is 19.1. The number of esters is 2. The molecule has 0 aromatic heterocycles. The molecule has 0 bridgehead atoms. The quantitative estimate of drug-likeness (QED) is 0.377. The van der Waals surface area contributed by atoms with E-state index in [1.54, 1.807) is 24.3 Å². The highest BCUT2D eigenvalue weighted by molar-refractivity contribution is 5.92. The minimum absolute atomic E-state index is 0.0167. The van der Waals surface area contributed by atoms with Crippen molar-refractivity contribution in [1.82, 2.24) is 0 Å². The van der Waals surface area contributed by atoms with E-state index in [4.69, 9.17) is 9.47 Å². The maximum absolute atomic E-state index is 13.3. The number of hydrogen-bond donors (Lipinski definition) is 0. The molecule has 0 spiro atoms. The molecule has 2 aromatic rings. The van der Waals surface area contributed by atoms with E-state index >= 15 is 0 Å². The molecule has 32 heavy (non-hydrogen) atoms. The van der Waals surface area contributed by atoms with Gasteiger partial charge in [0.2, 0.25) is 0 Å². The molecular formula is C27H31FO4. The Hall–Kier alpha value is -2.69. The van der Waals surface area contributed by atoms with E-state index in [0.717, 1.165) is 37.2 Å². The number of carbonyl (C=O) groups excluding carboxylic acids is 2. The van der Waals surface area contributed by atoms with Crippen LogP contribution in [0.1, 0.15) is 79.0 Å². The second kappa shape index (κ2) is 10.3. The Bertz CT molecular complexity index is 939. The largest absolute Gasteiger partial charge is 0.459 e. The van der Waals surface area contributed by atoms with Gasteiger partial charge >= 0.3 is 11.9 Å². The third-order valence-electron chi connectivity index (χ3n) is 7.01. The summed E-state index contributed by atoms with van der Waals surface area (Å²) in [4.78, 5) is 24.8. The SMILES string of the molecule is CCC[C@@H]1CC[C@@H]2C[C@H](OC(=O)c3ccc(OC(=O)c4cccc(F)c4)cc3)CC[C@@H]2C1. The summed E-state index contributed by atoms with van der Waals surface area (Å²) < 4.78 is 24.4. The Morgan fingerprint density at radius 2 is 1.66 bits per heavy atom. The van der Waals surface area contributed by atoms with Gasteiger partial charge in [-0.15, -0.1) is 0 Å². The Balaban J connectivity index is 1.28. The van der Waals surface area contributed by atoms with Crippen molar-refractivity contribution in [2.24, 2.45) is 17.8 Å². The Kier molecular flexibility index (Phi) is 7.23. The number of rotatable bonds is 6. The first-order valence-electron chi connectivity index (χ1n) is 11.8. The summed E-state index contributed by atoms with van der Waals surface area (Å²) in [7, 11) is 0. The van der Waals surface area contributed by atoms with Gasteiger partial charge in [0.15, 0.2) is 0 Å². The molecule has 0 unspecified atom stereocenters. The van der Waals surface area contributed by atoms with Crippen LogP contribution in [0, 0.1) is 23.6 Å². The fourth-order valence-electron chi connectivity index (χ4n) is 5.38. The van der Waals surface area contributed by atoms with Crippen molar-refractivity contribution in [3.05, 3.63) is 65.5 Å². The zero-order chi connectivity index (χ0) is 22.5. The molecule has 0 amide bonds. The summed E-state index contributed by atoms with van der Waals surface area (Å²) in [6, 6.07) is 11.6. The summed E-state index contributed by atoms with van der Waals surface area (Å²) in [6.45, 7) is 2.27. The number of hydrogen-bond acceptors (Lipinski definition) is 4. The Morgan fingerprint density at radius 1 is 0.906 bits per heavy atom. The van der Waals surface area contributed by atoms with Crippen LogP contribution in [0.5, 0.6) is 5.75 Å². The normalized spacial score (nSPS) is 24.9. The van der Waals surface area contributed by atoms with E-state index in [1.807, 2.05) is 0 Å². The van der Waals surface area contributed by atoms with Crippen LogP contribution < -0.4 is 4.74 Å². The van der Waals surface area contributed by atoms with Gasteiger partial charge < -0.3 is 9.47 Å². The second-order valence-corrected chi connectivity index (χ2v) is 9.25. The summed E-state index contributed by atoms with van der Waals surface area (Å²) in [5.74, 6) is 1.16. The molecule has 0 saturated heterocycles. The molecule has 5 heteroatoms. The monoisotopic (exact) mass is 438 g/mol. The fourth-order valence-corrected chi connectivity index (χ4v) is 5.38. The number of benzene rings is 2. The lowest BCUT2D eigenvalue weighted by atomic mass is 9.66. The van der Waals surface area contributed by atoms with Crippen LogP contribution in [-0.2, 0) is 4.74 Å². The van der Waals surface area contributed by atoms with Gasteiger partial charge in [-0.3, -0.25) is 0 Å². The third kappa shape index (κ3) is 5.56. The smallest absolute Gasteiger partial charge is 0.343 e. The van der Waals surface area contributed by atoms with Crippen molar-refractivity contribution >= 4 is 11.9 Å². The molecule has 2 aliphatic carbocycles. The predicted octanol–water partition coefficient (Wildman–Crippen LogP) is 6.59. The molecule has 4 nitrogen and oxygen atoms in total. The van der Waals surface area contributed by atoms with E-state index in [9.17, 15) is 14.0 Å². The highest BCUT2D eigenvalue weighted by Gasteiger charge is 2.36. The van der Waals surface area contributed by atoms with Gasteiger partial charge in [0.25, 0.3) is 0 Å². The minimum atomic E-state index is -0.648. The third-order valence-corrected chi connectivity index (χ3v) is 7.01. The van der Waals surface area contributed by atoms with Crippen LogP contribution in [0.2, 0.25) is 0 Å². The van der Waals surface area contributed by atoms with E-state index in [2.05, 4.69) is 6.92 Å². The number of fused-ring (bicyclic) bond motifs is 1.